The van der Waals surface area contributed by atoms with Crippen LogP contribution in [0.1, 0.15) is 50.2 Å². The van der Waals surface area contributed by atoms with Gasteiger partial charge in [-0.2, -0.15) is 0 Å². The van der Waals surface area contributed by atoms with Crippen molar-refractivity contribution in [3.63, 3.8) is 0 Å². The van der Waals surface area contributed by atoms with Crippen molar-refractivity contribution in [2.24, 2.45) is 34.5 Å². The zero-order chi connectivity index (χ0) is 24.1. The maximum atomic E-state index is 14.3. The van der Waals surface area contributed by atoms with Gasteiger partial charge in [0.1, 0.15) is 11.8 Å². The van der Waals surface area contributed by atoms with Crippen LogP contribution in [0, 0.1) is 41.4 Å². The van der Waals surface area contributed by atoms with Crippen molar-refractivity contribution in [2.75, 3.05) is 6.61 Å². The van der Waals surface area contributed by atoms with Crippen molar-refractivity contribution in [2.45, 2.75) is 58.8 Å². The number of H-pyrrole nitrogens is 1. The summed E-state index contributed by atoms with van der Waals surface area (Å²) in [6, 6.07) is 1.64. The molecule has 0 aromatic carbocycles. The second-order valence-electron chi connectivity index (χ2n) is 11.2. The van der Waals surface area contributed by atoms with Crippen LogP contribution in [0.3, 0.4) is 0 Å². The summed E-state index contributed by atoms with van der Waals surface area (Å²) in [6.07, 6.45) is 3.01. The quantitative estimate of drug-likeness (QED) is 0.410. The summed E-state index contributed by atoms with van der Waals surface area (Å²) in [5.74, 6) is -1.26. The number of aromatic amines is 1. The summed E-state index contributed by atoms with van der Waals surface area (Å²) >= 11 is 0. The summed E-state index contributed by atoms with van der Waals surface area (Å²) in [7, 11) is 0. The van der Waals surface area contributed by atoms with Gasteiger partial charge in [-0.3, -0.25) is 4.79 Å². The Morgan fingerprint density at radius 2 is 2.00 bits per heavy atom. The van der Waals surface area contributed by atoms with Crippen LogP contribution < -0.4 is 0 Å². The molecule has 0 unspecified atom stereocenters. The first-order valence-corrected chi connectivity index (χ1v) is 11.7. The van der Waals surface area contributed by atoms with Crippen LogP contribution in [0.25, 0.3) is 0 Å². The zero-order valence-electron chi connectivity index (χ0n) is 19.8. The second kappa shape index (κ2) is 6.90. The van der Waals surface area contributed by atoms with Gasteiger partial charge >= 0.3 is 5.97 Å². The standard InChI is InChI=1S/C26H33NO6/c1-12-6-18(27-10-12)23(31)33-22-13(2)9-25-14(3)7-17-19(24(17,4)5)16(21(25)30)8-15(11-28)20(29)26(22,25)32/h6,8-10,14,16-17,19-20,22,27-29,32H,7,11H2,1-5H3/t14-,16+,17-,19+,20-,22+,25+,26+/m1/s1. The monoisotopic (exact) mass is 455 g/mol. The molecule has 7 nitrogen and oxygen atoms in total. The van der Waals surface area contributed by atoms with E-state index < -0.39 is 41.7 Å². The van der Waals surface area contributed by atoms with E-state index >= 15 is 0 Å². The molecule has 1 aromatic heterocycles. The summed E-state index contributed by atoms with van der Waals surface area (Å²) < 4.78 is 5.81. The maximum absolute atomic E-state index is 14.3. The summed E-state index contributed by atoms with van der Waals surface area (Å²) in [5.41, 5.74) is -1.76. The third kappa shape index (κ3) is 2.67. The fourth-order valence-electron chi connectivity index (χ4n) is 7.38. The Kier molecular flexibility index (Phi) is 4.72. The average molecular weight is 456 g/mol. The molecule has 4 N–H and O–H groups in total. The van der Waals surface area contributed by atoms with Gasteiger partial charge in [0.25, 0.3) is 0 Å². The molecular weight excluding hydrogens is 422 g/mol. The minimum atomic E-state index is -2.12. The highest BCUT2D eigenvalue weighted by atomic mass is 16.6. The lowest BCUT2D eigenvalue weighted by atomic mass is 9.59. The number of carbonyl (C=O) groups is 2. The second-order valence-corrected chi connectivity index (χ2v) is 11.2. The molecule has 1 aromatic rings. The number of fused-ring (bicyclic) bond motifs is 3. The van der Waals surface area contributed by atoms with Gasteiger partial charge in [0, 0.05) is 12.1 Å². The number of nitrogens with one attached hydrogen (secondary N) is 1. The van der Waals surface area contributed by atoms with Crippen molar-refractivity contribution in [3.05, 3.63) is 46.8 Å². The first kappa shape index (κ1) is 22.6. The SMILES string of the molecule is CC1=C[C@]23C(=O)[C@@H](C=C(CO)[C@@H](O)[C@]2(O)[C@H]1OC(=O)c1cc(C)c[nH]1)[C@H]1[C@@H](C[C@H]3C)C1(C)C. The lowest BCUT2D eigenvalue weighted by Crippen LogP contribution is -2.65. The molecule has 4 aliphatic carbocycles. The Balaban J connectivity index is 1.65. The third-order valence-corrected chi connectivity index (χ3v) is 9.17. The summed E-state index contributed by atoms with van der Waals surface area (Å²) in [5, 5.41) is 33.9. The molecule has 0 aliphatic heterocycles. The number of esters is 1. The van der Waals surface area contributed by atoms with Gasteiger partial charge in [0.05, 0.1) is 12.0 Å². The number of hydrogen-bond donors (Lipinski definition) is 4. The van der Waals surface area contributed by atoms with Crippen molar-refractivity contribution in [3.8, 4) is 0 Å². The van der Waals surface area contributed by atoms with E-state index in [1.807, 2.05) is 13.8 Å². The predicted octanol–water partition coefficient (Wildman–Crippen LogP) is 2.32. The molecule has 1 spiro atoms. The minimum Gasteiger partial charge on any atom is -0.450 e. The number of allylic oxidation sites excluding steroid dienone is 1. The highest BCUT2D eigenvalue weighted by Gasteiger charge is 2.76. The smallest absolute Gasteiger partial charge is 0.355 e. The average Bonchev–Trinajstić information content (AvgIpc) is 3.02. The molecule has 2 saturated carbocycles. The van der Waals surface area contributed by atoms with Gasteiger partial charge in [0.15, 0.2) is 17.5 Å². The van der Waals surface area contributed by atoms with E-state index in [4.69, 9.17) is 4.74 Å². The summed E-state index contributed by atoms with van der Waals surface area (Å²) in [4.78, 5) is 30.1. The molecule has 5 rings (SSSR count). The Bertz CT molecular complexity index is 1100. The number of aliphatic hydroxyl groups is 3. The Labute approximate surface area is 193 Å². The molecule has 1 heterocycles. The van der Waals surface area contributed by atoms with Crippen LogP contribution in [-0.4, -0.2) is 56.5 Å². The first-order valence-electron chi connectivity index (χ1n) is 11.7. The van der Waals surface area contributed by atoms with Crippen molar-refractivity contribution >= 4 is 11.8 Å². The van der Waals surface area contributed by atoms with Crippen molar-refractivity contribution < 1.29 is 29.6 Å². The molecule has 33 heavy (non-hydrogen) atoms. The molecule has 0 radical (unpaired) electrons. The van der Waals surface area contributed by atoms with E-state index in [-0.39, 0.29) is 34.3 Å². The highest BCUT2D eigenvalue weighted by Crippen LogP contribution is 2.71. The van der Waals surface area contributed by atoms with Crippen LogP contribution in [0.15, 0.2) is 35.6 Å². The van der Waals surface area contributed by atoms with E-state index in [9.17, 15) is 24.9 Å². The van der Waals surface area contributed by atoms with Gasteiger partial charge in [0.2, 0.25) is 0 Å². The topological polar surface area (TPSA) is 120 Å². The van der Waals surface area contributed by atoms with E-state index in [1.54, 1.807) is 31.3 Å². The number of hydrogen-bond acceptors (Lipinski definition) is 6. The maximum Gasteiger partial charge on any atom is 0.355 e. The lowest BCUT2D eigenvalue weighted by Gasteiger charge is -2.48. The number of aryl methyl sites for hydroxylation is 1. The molecule has 2 bridgehead atoms. The Hall–Kier alpha value is -2.22. The van der Waals surface area contributed by atoms with E-state index in [2.05, 4.69) is 18.8 Å². The molecule has 4 aliphatic rings. The van der Waals surface area contributed by atoms with Crippen LogP contribution in [0.2, 0.25) is 0 Å². The highest BCUT2D eigenvalue weighted by molar-refractivity contribution is 5.96. The summed E-state index contributed by atoms with van der Waals surface area (Å²) in [6.45, 7) is 9.31. The number of ether oxygens (including phenoxy) is 1. The van der Waals surface area contributed by atoms with Gasteiger partial charge < -0.3 is 25.0 Å². The Morgan fingerprint density at radius 3 is 2.61 bits per heavy atom. The molecule has 8 atom stereocenters. The Morgan fingerprint density at radius 1 is 1.30 bits per heavy atom. The number of ketones is 1. The van der Waals surface area contributed by atoms with Gasteiger partial charge in [-0.05, 0) is 66.2 Å². The van der Waals surface area contributed by atoms with Crippen LogP contribution in [0.4, 0.5) is 0 Å². The largest absolute Gasteiger partial charge is 0.450 e. The first-order chi connectivity index (χ1) is 15.4. The lowest BCUT2D eigenvalue weighted by molar-refractivity contribution is -0.190. The molecule has 0 saturated heterocycles. The number of rotatable bonds is 3. The molecular formula is C26H33NO6. The molecule has 0 amide bonds. The number of aliphatic hydroxyl groups excluding tert-OH is 2. The minimum absolute atomic E-state index is 0.0324. The van der Waals surface area contributed by atoms with Gasteiger partial charge in [-0.15, -0.1) is 0 Å². The fraction of sp³-hybridized carbons (Fsp3) is 0.615. The predicted molar refractivity (Wildman–Crippen MR) is 120 cm³/mol. The zero-order valence-corrected chi connectivity index (χ0v) is 19.8. The molecule has 178 valence electrons. The third-order valence-electron chi connectivity index (χ3n) is 9.17. The fourth-order valence-corrected chi connectivity index (χ4v) is 7.38. The van der Waals surface area contributed by atoms with Crippen molar-refractivity contribution in [1.82, 2.24) is 4.98 Å². The number of Topliss-reactive ketones (excluding diaryl/α,β-unsaturated/α-hetero) is 1. The molecule has 2 fully saturated rings. The van der Waals surface area contributed by atoms with Gasteiger partial charge in [-0.25, -0.2) is 4.79 Å². The van der Waals surface area contributed by atoms with E-state index in [0.717, 1.165) is 12.0 Å². The van der Waals surface area contributed by atoms with Gasteiger partial charge in [-0.1, -0.05) is 32.9 Å². The number of carbonyl (C=O) groups excluding carboxylic acids is 2. The van der Waals surface area contributed by atoms with Crippen LogP contribution in [0.5, 0.6) is 0 Å². The van der Waals surface area contributed by atoms with Crippen LogP contribution >= 0.6 is 0 Å². The van der Waals surface area contributed by atoms with E-state index in [0.29, 0.717) is 11.5 Å². The molecule has 7 heteroatoms. The van der Waals surface area contributed by atoms with E-state index in [1.165, 1.54) is 0 Å². The normalized spacial score (nSPS) is 43.0. The number of aromatic nitrogens is 1. The van der Waals surface area contributed by atoms with Crippen LogP contribution in [-0.2, 0) is 9.53 Å². The van der Waals surface area contributed by atoms with Crippen molar-refractivity contribution in [1.29, 1.82) is 0 Å².